The minimum Gasteiger partial charge on any atom is -0.410 e. The van der Waals surface area contributed by atoms with E-state index in [1.165, 1.54) is 0 Å². The fourth-order valence-corrected chi connectivity index (χ4v) is 9.82. The summed E-state index contributed by atoms with van der Waals surface area (Å²) in [6.07, 6.45) is -0.511. The minimum atomic E-state index is -0.597. The molecule has 10 aromatic carbocycles. The first-order chi connectivity index (χ1) is 35.0. The molecule has 6 heteroatoms. The molecule has 0 heterocycles. The Balaban J connectivity index is 0.757. The van der Waals surface area contributed by atoms with E-state index in [-0.39, 0.29) is 0 Å². The Morgan fingerprint density at radius 3 is 0.746 bits per heavy atom. The lowest BCUT2D eigenvalue weighted by molar-refractivity contribution is 0.214. The fraction of sp³-hybridized carbons (Fsp3) is 0.0462. The van der Waals surface area contributed by atoms with Crippen molar-refractivity contribution >= 4 is 23.6 Å². The lowest BCUT2D eigenvalue weighted by atomic mass is 9.65. The SMILES string of the molecule is O=C(Nc1ccc(Cc2ccc(NC(=O)Oc3ccc(C(c4ccccc4)(c4ccccc4)c4ccccc4)cc3)cc2)cc1)Oc1ccc(C(c2ccccc2)(c2ccccc2)c2ccccc2)cc1. The summed E-state index contributed by atoms with van der Waals surface area (Å²) in [5.74, 6) is 0.860. The van der Waals surface area contributed by atoms with Crippen LogP contribution < -0.4 is 20.1 Å². The standard InChI is InChI=1S/C65H50N2O4/c68-62(70-60-43-35-56(36-44-60)64(50-19-7-1-8-20-50,51-21-9-2-10-22-51)52-23-11-3-12-24-52)66-58-39-31-48(32-40-58)47-49-33-41-59(42-34-49)67-63(69)71-61-45-37-57(38-46-61)65(53-25-13-4-14-26-53,54-27-15-5-16-28-54)55-29-17-6-18-30-55/h1-46H,47H2,(H,66,68)(H,67,69). The van der Waals surface area contributed by atoms with Gasteiger partial charge in [-0.15, -0.1) is 0 Å². The normalized spacial score (nSPS) is 11.3. The smallest absolute Gasteiger partial charge is 0.410 e. The van der Waals surface area contributed by atoms with Gasteiger partial charge < -0.3 is 9.47 Å². The third-order valence-electron chi connectivity index (χ3n) is 13.0. The zero-order chi connectivity index (χ0) is 48.3. The monoisotopic (exact) mass is 922 g/mol. The van der Waals surface area contributed by atoms with Crippen LogP contribution in [0.15, 0.2) is 279 Å². The van der Waals surface area contributed by atoms with E-state index in [2.05, 4.69) is 156 Å². The van der Waals surface area contributed by atoms with Crippen molar-refractivity contribution in [2.45, 2.75) is 17.3 Å². The molecular formula is C65H50N2O4. The summed E-state index contributed by atoms with van der Waals surface area (Å²) in [6.45, 7) is 0. The number of amides is 2. The quantitative estimate of drug-likeness (QED) is 0.107. The van der Waals surface area contributed by atoms with Gasteiger partial charge in [0.2, 0.25) is 0 Å². The van der Waals surface area contributed by atoms with Crippen LogP contribution >= 0.6 is 0 Å². The van der Waals surface area contributed by atoms with E-state index in [0.717, 1.165) is 55.6 Å². The Bertz CT molecular complexity index is 2880. The van der Waals surface area contributed by atoms with Gasteiger partial charge in [-0.3, -0.25) is 10.6 Å². The van der Waals surface area contributed by atoms with Crippen LogP contribution in [0.5, 0.6) is 11.5 Å². The van der Waals surface area contributed by atoms with Gasteiger partial charge in [0.25, 0.3) is 0 Å². The van der Waals surface area contributed by atoms with Crippen molar-refractivity contribution in [1.82, 2.24) is 0 Å². The van der Waals surface area contributed by atoms with Crippen molar-refractivity contribution in [3.63, 3.8) is 0 Å². The summed E-state index contributed by atoms with van der Waals surface area (Å²) in [5.41, 5.74) is 11.0. The second kappa shape index (κ2) is 20.9. The van der Waals surface area contributed by atoms with Gasteiger partial charge in [-0.2, -0.15) is 0 Å². The molecule has 0 fully saturated rings. The van der Waals surface area contributed by atoms with E-state index >= 15 is 0 Å². The number of hydrogen-bond acceptors (Lipinski definition) is 4. The molecule has 0 saturated heterocycles. The van der Waals surface area contributed by atoms with Crippen molar-refractivity contribution in [3.05, 3.63) is 335 Å². The van der Waals surface area contributed by atoms with E-state index in [1.54, 1.807) is 0 Å². The van der Waals surface area contributed by atoms with Crippen LogP contribution in [0, 0.1) is 0 Å². The molecule has 0 radical (unpaired) electrons. The molecule has 10 aromatic rings. The first-order valence-corrected chi connectivity index (χ1v) is 23.7. The molecule has 0 aliphatic carbocycles. The van der Waals surface area contributed by atoms with Crippen LogP contribution in [0.3, 0.4) is 0 Å². The van der Waals surface area contributed by atoms with E-state index < -0.39 is 23.0 Å². The van der Waals surface area contributed by atoms with Gasteiger partial charge in [-0.1, -0.05) is 231 Å². The second-order valence-electron chi connectivity index (χ2n) is 17.3. The van der Waals surface area contributed by atoms with Crippen LogP contribution in [0.25, 0.3) is 0 Å². The summed E-state index contributed by atoms with van der Waals surface area (Å²) in [4.78, 5) is 26.3. The molecule has 0 aromatic heterocycles. The molecular weight excluding hydrogens is 873 g/mol. The molecule has 10 rings (SSSR count). The Hall–Kier alpha value is -9.26. The first kappa shape index (κ1) is 45.5. The predicted octanol–water partition coefficient (Wildman–Crippen LogP) is 15.3. The van der Waals surface area contributed by atoms with Gasteiger partial charge in [0.1, 0.15) is 11.5 Å². The number of rotatable bonds is 14. The summed E-state index contributed by atoms with van der Waals surface area (Å²) < 4.78 is 11.5. The number of carbonyl (C=O) groups is 2. The maximum Gasteiger partial charge on any atom is 0.417 e. The van der Waals surface area contributed by atoms with E-state index in [1.807, 2.05) is 133 Å². The van der Waals surface area contributed by atoms with Crippen molar-refractivity contribution in [1.29, 1.82) is 0 Å². The van der Waals surface area contributed by atoms with E-state index in [0.29, 0.717) is 29.3 Å². The molecule has 0 unspecified atom stereocenters. The van der Waals surface area contributed by atoms with Crippen molar-refractivity contribution in [2.75, 3.05) is 10.6 Å². The largest absolute Gasteiger partial charge is 0.417 e. The Morgan fingerprint density at radius 1 is 0.282 bits per heavy atom. The van der Waals surface area contributed by atoms with Crippen LogP contribution in [-0.2, 0) is 17.3 Å². The van der Waals surface area contributed by atoms with E-state index in [4.69, 9.17) is 9.47 Å². The highest BCUT2D eigenvalue weighted by Crippen LogP contribution is 2.47. The molecule has 0 bridgehead atoms. The minimum absolute atomic E-state index is 0.430. The highest BCUT2D eigenvalue weighted by molar-refractivity contribution is 5.87. The topological polar surface area (TPSA) is 76.7 Å². The maximum atomic E-state index is 13.1. The average Bonchev–Trinajstić information content (AvgIpc) is 3.43. The molecule has 0 saturated carbocycles. The summed E-state index contributed by atoms with van der Waals surface area (Å²) >= 11 is 0. The third-order valence-corrected chi connectivity index (χ3v) is 13.0. The van der Waals surface area contributed by atoms with E-state index in [9.17, 15) is 9.59 Å². The maximum absolute atomic E-state index is 13.1. The van der Waals surface area contributed by atoms with Crippen molar-refractivity contribution < 1.29 is 19.1 Å². The molecule has 6 nitrogen and oxygen atoms in total. The number of ether oxygens (including phenoxy) is 2. The second-order valence-corrected chi connectivity index (χ2v) is 17.3. The van der Waals surface area contributed by atoms with Crippen molar-refractivity contribution in [3.8, 4) is 11.5 Å². The van der Waals surface area contributed by atoms with Crippen LogP contribution in [0.2, 0.25) is 0 Å². The van der Waals surface area contributed by atoms with Gasteiger partial charge in [-0.05, 0) is 111 Å². The van der Waals surface area contributed by atoms with Gasteiger partial charge >= 0.3 is 12.2 Å². The van der Waals surface area contributed by atoms with Crippen molar-refractivity contribution in [2.24, 2.45) is 0 Å². The van der Waals surface area contributed by atoms with Gasteiger partial charge in [0, 0.05) is 11.4 Å². The molecule has 71 heavy (non-hydrogen) atoms. The van der Waals surface area contributed by atoms with Gasteiger partial charge in [0.05, 0.1) is 10.8 Å². The summed E-state index contributed by atoms with van der Waals surface area (Å²) in [6, 6.07) is 93.7. The zero-order valence-corrected chi connectivity index (χ0v) is 38.9. The number of hydrogen-bond donors (Lipinski definition) is 2. The molecule has 2 amide bonds. The highest BCUT2D eigenvalue weighted by atomic mass is 16.6. The summed E-state index contributed by atoms with van der Waals surface area (Å²) in [5, 5.41) is 5.73. The highest BCUT2D eigenvalue weighted by Gasteiger charge is 2.39. The number of anilines is 2. The Labute approximate surface area is 414 Å². The number of nitrogens with one attached hydrogen (secondary N) is 2. The number of benzene rings is 10. The lowest BCUT2D eigenvalue weighted by Crippen LogP contribution is -2.31. The predicted molar refractivity (Wildman–Crippen MR) is 284 cm³/mol. The molecule has 0 aliphatic heterocycles. The summed E-state index contributed by atoms with van der Waals surface area (Å²) in [7, 11) is 0. The average molecular weight is 923 g/mol. The van der Waals surface area contributed by atoms with Crippen LogP contribution in [0.1, 0.15) is 55.6 Å². The molecule has 0 spiro atoms. The van der Waals surface area contributed by atoms with Crippen LogP contribution in [-0.4, -0.2) is 12.2 Å². The number of carbonyl (C=O) groups excluding carboxylic acids is 2. The lowest BCUT2D eigenvalue weighted by Gasteiger charge is -2.36. The molecule has 344 valence electrons. The van der Waals surface area contributed by atoms with Gasteiger partial charge in [0.15, 0.2) is 0 Å². The Morgan fingerprint density at radius 2 is 0.507 bits per heavy atom. The fourth-order valence-electron chi connectivity index (χ4n) is 9.82. The molecule has 0 aliphatic rings. The Kier molecular flexibility index (Phi) is 13.4. The third kappa shape index (κ3) is 9.73. The van der Waals surface area contributed by atoms with Crippen LogP contribution in [0.4, 0.5) is 21.0 Å². The molecule has 0 atom stereocenters. The van der Waals surface area contributed by atoms with Gasteiger partial charge in [-0.25, -0.2) is 9.59 Å². The first-order valence-electron chi connectivity index (χ1n) is 23.7. The zero-order valence-electron chi connectivity index (χ0n) is 38.9. The molecule has 2 N–H and O–H groups in total.